The number of hydrogen-bond donors (Lipinski definition) is 5. The summed E-state index contributed by atoms with van der Waals surface area (Å²) in [5.74, 6) is 0.695. The van der Waals surface area contributed by atoms with Crippen LogP contribution in [0.25, 0.3) is 0 Å². The number of carbonyl (C=O) groups excluding carboxylic acids is 3. The number of likely N-dealkylation sites (tertiary alicyclic amines) is 1. The van der Waals surface area contributed by atoms with Crippen LogP contribution in [0, 0.1) is 0 Å². The van der Waals surface area contributed by atoms with E-state index >= 15 is 0 Å². The largest absolute Gasteiger partial charge is 0.493 e. The molecule has 0 saturated carbocycles. The molecule has 3 aromatic rings. The number of aliphatic imine (C=N–C) groups is 1. The Morgan fingerprint density at radius 3 is 2.46 bits per heavy atom. The Labute approximate surface area is 348 Å². The molecule has 0 radical (unpaired) electrons. The van der Waals surface area contributed by atoms with E-state index in [0.717, 1.165) is 86.8 Å². The first-order valence-corrected chi connectivity index (χ1v) is 21.4. The molecule has 0 spiro atoms. The quantitative estimate of drug-likeness (QED) is 0.0311. The molecule has 1 aromatic heterocycles. The van der Waals surface area contributed by atoms with Crippen LogP contribution in [-0.4, -0.2) is 93.5 Å². The second-order valence-electron chi connectivity index (χ2n) is 16.4. The number of fused-ring (bicyclic) bond motifs is 1. The van der Waals surface area contributed by atoms with Crippen molar-refractivity contribution in [3.63, 3.8) is 0 Å². The van der Waals surface area contributed by atoms with E-state index in [2.05, 4.69) is 59.0 Å². The maximum absolute atomic E-state index is 13.1. The number of ether oxygens (including phenoxy) is 2. The normalized spacial score (nSPS) is 18.9. The van der Waals surface area contributed by atoms with Crippen molar-refractivity contribution in [1.82, 2.24) is 30.2 Å². The number of rotatable bonds is 20. The van der Waals surface area contributed by atoms with Gasteiger partial charge in [-0.15, -0.1) is 0 Å². The molecule has 2 saturated heterocycles. The Morgan fingerprint density at radius 1 is 1.00 bits per heavy atom. The van der Waals surface area contributed by atoms with Gasteiger partial charge in [-0.2, -0.15) is 10.1 Å². The summed E-state index contributed by atoms with van der Waals surface area (Å²) in [5, 5.41) is 24.4. The smallest absolute Gasteiger partial charge is 0.288 e. The molecule has 6 N–H and O–H groups in total. The number of carbonyl (C=O) groups is 3. The van der Waals surface area contributed by atoms with Gasteiger partial charge < -0.3 is 35.4 Å². The fraction of sp³-hybridized carbons (Fsp3) is 0.568. The first-order valence-electron chi connectivity index (χ1n) is 21.4. The number of nitrogens with one attached hydrogen (secondary N) is 3. The first kappa shape index (κ1) is 43.6. The van der Waals surface area contributed by atoms with Gasteiger partial charge in [-0.1, -0.05) is 57.7 Å². The highest BCUT2D eigenvalue weighted by atomic mass is 16.5. The number of benzene rings is 2. The Balaban J connectivity index is 0.849. The Bertz CT molecular complexity index is 1910. The van der Waals surface area contributed by atoms with Crippen molar-refractivity contribution in [3.8, 4) is 5.75 Å². The second kappa shape index (κ2) is 20.8. The van der Waals surface area contributed by atoms with E-state index < -0.39 is 18.2 Å². The Morgan fingerprint density at radius 2 is 1.73 bits per heavy atom. The number of imide groups is 1. The van der Waals surface area contributed by atoms with Crippen molar-refractivity contribution in [3.05, 3.63) is 70.9 Å². The van der Waals surface area contributed by atoms with E-state index in [1.165, 1.54) is 0 Å². The summed E-state index contributed by atoms with van der Waals surface area (Å²) < 4.78 is 14.0. The van der Waals surface area contributed by atoms with Crippen LogP contribution in [0.15, 0.2) is 53.7 Å². The molecule has 0 aliphatic carbocycles. The van der Waals surface area contributed by atoms with Crippen LogP contribution in [-0.2, 0) is 27.4 Å². The fourth-order valence-corrected chi connectivity index (χ4v) is 7.94. The molecule has 15 heteroatoms. The van der Waals surface area contributed by atoms with Gasteiger partial charge >= 0.3 is 0 Å². The number of hydrogen-bond acceptors (Lipinski definition) is 11. The van der Waals surface area contributed by atoms with Crippen molar-refractivity contribution >= 4 is 35.2 Å². The number of amides is 3. The maximum atomic E-state index is 13.1. The number of amidine groups is 1. The number of nitrogens with two attached hydrogens (primary N) is 1. The molecule has 3 atom stereocenters. The maximum Gasteiger partial charge on any atom is 0.288 e. The van der Waals surface area contributed by atoms with E-state index in [1.54, 1.807) is 17.0 Å². The monoisotopic (exact) mass is 813 g/mol. The van der Waals surface area contributed by atoms with Gasteiger partial charge in [0.05, 0.1) is 19.3 Å². The lowest BCUT2D eigenvalue weighted by atomic mass is 10.0. The van der Waals surface area contributed by atoms with Gasteiger partial charge in [0.2, 0.25) is 11.8 Å². The third-order valence-electron chi connectivity index (χ3n) is 11.5. The van der Waals surface area contributed by atoms with Crippen LogP contribution < -0.4 is 26.4 Å². The molecule has 3 unspecified atom stereocenters. The number of aliphatic hydroxyl groups is 1. The molecule has 2 aromatic carbocycles. The topological polar surface area (TPSA) is 189 Å². The zero-order valence-corrected chi connectivity index (χ0v) is 35.1. The summed E-state index contributed by atoms with van der Waals surface area (Å²) in [6.07, 6.45) is 10.3. The molecule has 0 bridgehead atoms. The SMILES string of the molecule is CC(C)c1cnn(C(C)NCc2ccc(NC(O)CCCCCCCCOc3cccc4c3CN(C3CCC(=O)NC3=O)C4=O)cc2)c1N=C(N)OC1CCN(C)CC1. The van der Waals surface area contributed by atoms with Crippen LogP contribution >= 0.6 is 0 Å². The summed E-state index contributed by atoms with van der Waals surface area (Å²) in [5.41, 5.74) is 10.6. The van der Waals surface area contributed by atoms with Gasteiger partial charge in [0, 0.05) is 48.4 Å². The third kappa shape index (κ3) is 11.8. The van der Waals surface area contributed by atoms with Crippen LogP contribution in [0.2, 0.25) is 0 Å². The van der Waals surface area contributed by atoms with Gasteiger partial charge in [-0.3, -0.25) is 25.0 Å². The molecule has 59 heavy (non-hydrogen) atoms. The summed E-state index contributed by atoms with van der Waals surface area (Å²) in [6.45, 7) is 9.72. The highest BCUT2D eigenvalue weighted by Gasteiger charge is 2.40. The summed E-state index contributed by atoms with van der Waals surface area (Å²) in [7, 11) is 2.12. The van der Waals surface area contributed by atoms with Crippen LogP contribution in [0.3, 0.4) is 0 Å². The zero-order valence-electron chi connectivity index (χ0n) is 35.1. The third-order valence-corrected chi connectivity index (χ3v) is 11.5. The molecular weight excluding hydrogens is 751 g/mol. The lowest BCUT2D eigenvalue weighted by molar-refractivity contribution is -0.136. The van der Waals surface area contributed by atoms with Gasteiger partial charge in [0.15, 0.2) is 5.82 Å². The summed E-state index contributed by atoms with van der Waals surface area (Å²) in [6, 6.07) is 13.1. The predicted molar refractivity (Wildman–Crippen MR) is 227 cm³/mol. The molecule has 320 valence electrons. The molecule has 3 aliphatic heterocycles. The van der Waals surface area contributed by atoms with Crippen molar-refractivity contribution in [2.24, 2.45) is 10.7 Å². The van der Waals surface area contributed by atoms with Crippen LogP contribution in [0.5, 0.6) is 5.75 Å². The summed E-state index contributed by atoms with van der Waals surface area (Å²) in [4.78, 5) is 45.6. The fourth-order valence-electron chi connectivity index (χ4n) is 7.94. The lowest BCUT2D eigenvalue weighted by Gasteiger charge is -2.29. The molecule has 3 aliphatic rings. The van der Waals surface area contributed by atoms with E-state index in [4.69, 9.17) is 20.2 Å². The standard InChI is InChI=1S/C44H63N9O6/c1-29(2)35-27-47-53(41(35)50-44(45)59-33-21-23-51(4)24-22-33)30(3)46-26-31-15-17-32(18-16-31)48-39(54)14-9-7-5-6-8-10-25-58-38-13-11-12-34-36(38)28-52(43(34)57)37-19-20-40(55)49-42(37)56/h11-13,15-18,27,29-30,33,37,39,46,48,54H,5-10,14,19-26,28H2,1-4H3,(H2,45,50)(H,49,55,56). The molecule has 2 fully saturated rings. The van der Waals surface area contributed by atoms with Gasteiger partial charge in [0.25, 0.3) is 11.9 Å². The van der Waals surface area contributed by atoms with Gasteiger partial charge in [-0.05, 0) is 88.2 Å². The first-order chi connectivity index (χ1) is 28.5. The van der Waals surface area contributed by atoms with Gasteiger partial charge in [-0.25, -0.2) is 4.68 Å². The molecule has 6 rings (SSSR count). The van der Waals surface area contributed by atoms with Crippen molar-refractivity contribution in [1.29, 1.82) is 0 Å². The van der Waals surface area contributed by atoms with Gasteiger partial charge in [0.1, 0.15) is 30.3 Å². The van der Waals surface area contributed by atoms with Crippen molar-refractivity contribution in [2.45, 2.75) is 135 Å². The lowest BCUT2D eigenvalue weighted by Crippen LogP contribution is -2.52. The summed E-state index contributed by atoms with van der Waals surface area (Å²) >= 11 is 0. The number of anilines is 1. The minimum absolute atomic E-state index is 0.0718. The second-order valence-corrected chi connectivity index (χ2v) is 16.4. The number of nitrogens with zero attached hydrogens (tertiary/aromatic N) is 5. The van der Waals surface area contributed by atoms with Crippen molar-refractivity contribution < 1.29 is 29.0 Å². The number of aromatic nitrogens is 2. The average molecular weight is 814 g/mol. The highest BCUT2D eigenvalue weighted by Crippen LogP contribution is 2.34. The molecule has 4 heterocycles. The average Bonchev–Trinajstić information content (AvgIpc) is 3.78. The number of piperidine rings is 2. The zero-order chi connectivity index (χ0) is 41.9. The number of unbranched alkanes of at least 4 members (excludes halogenated alkanes) is 5. The highest BCUT2D eigenvalue weighted by molar-refractivity contribution is 6.05. The van der Waals surface area contributed by atoms with Crippen LogP contribution in [0.1, 0.15) is 131 Å². The number of aliphatic hydroxyl groups excluding tert-OH is 1. The van der Waals surface area contributed by atoms with Crippen molar-refractivity contribution in [2.75, 3.05) is 32.1 Å². The predicted octanol–water partition coefficient (Wildman–Crippen LogP) is 5.67. The minimum Gasteiger partial charge on any atom is -0.493 e. The van der Waals surface area contributed by atoms with E-state index in [-0.39, 0.29) is 42.4 Å². The van der Waals surface area contributed by atoms with E-state index in [9.17, 15) is 19.5 Å². The molecule has 3 amide bonds. The van der Waals surface area contributed by atoms with E-state index in [0.29, 0.717) is 49.7 Å². The minimum atomic E-state index is -0.641. The van der Waals surface area contributed by atoms with Crippen LogP contribution in [0.4, 0.5) is 11.5 Å². The van der Waals surface area contributed by atoms with E-state index in [1.807, 2.05) is 36.0 Å². The Hall–Kier alpha value is -4.99. The molecular formula is C44H63N9O6. The Kier molecular flexibility index (Phi) is 15.4. The molecule has 15 nitrogen and oxygen atoms in total.